The number of ether oxygens (including phenoxy) is 1. The van der Waals surface area contributed by atoms with Crippen molar-refractivity contribution in [3.05, 3.63) is 23.3 Å². The smallest absolute Gasteiger partial charge is 0.451 e. The first-order chi connectivity index (χ1) is 9.65. The van der Waals surface area contributed by atoms with Gasteiger partial charge in [-0.3, -0.25) is 4.79 Å². The summed E-state index contributed by atoms with van der Waals surface area (Å²) in [5.74, 6) is -3.91. The number of amides is 1. The number of alkyl halides is 3. The molecule has 0 bridgehead atoms. The second-order valence-corrected chi connectivity index (χ2v) is 4.04. The molecule has 1 atom stereocenters. The van der Waals surface area contributed by atoms with Crippen LogP contribution in [0.25, 0.3) is 0 Å². The van der Waals surface area contributed by atoms with Gasteiger partial charge in [-0.2, -0.15) is 13.2 Å². The van der Waals surface area contributed by atoms with Crippen molar-refractivity contribution in [3.8, 4) is 0 Å². The molecule has 21 heavy (non-hydrogen) atoms. The number of carbonyl (C=O) groups excluding carboxylic acids is 1. The standard InChI is InChI=1S/C11H12F3N3O4/c1-5-3-6(17-10(15-5)11(12,13)14)8(18)16-7(4-21-2)9(19)20/h3,7H,4H2,1-2H3,(H,16,18)(H,19,20). The predicted molar refractivity (Wildman–Crippen MR) is 62.5 cm³/mol. The summed E-state index contributed by atoms with van der Waals surface area (Å²) >= 11 is 0. The quantitative estimate of drug-likeness (QED) is 0.827. The van der Waals surface area contributed by atoms with Crippen LogP contribution in [0.5, 0.6) is 0 Å². The third-order valence-electron chi connectivity index (χ3n) is 2.28. The van der Waals surface area contributed by atoms with Crippen LogP contribution in [0.2, 0.25) is 0 Å². The van der Waals surface area contributed by atoms with E-state index in [0.717, 1.165) is 6.07 Å². The van der Waals surface area contributed by atoms with Crippen molar-refractivity contribution < 1.29 is 32.6 Å². The molecule has 7 nitrogen and oxygen atoms in total. The SMILES string of the molecule is COCC(NC(=O)c1cc(C)nc(C(F)(F)F)n1)C(=O)O. The van der Waals surface area contributed by atoms with Crippen LogP contribution in [0, 0.1) is 6.92 Å². The van der Waals surface area contributed by atoms with Crippen molar-refractivity contribution in [3.63, 3.8) is 0 Å². The number of aliphatic carboxylic acids is 1. The summed E-state index contributed by atoms with van der Waals surface area (Å²) in [6.07, 6.45) is -4.81. The van der Waals surface area contributed by atoms with Gasteiger partial charge in [0, 0.05) is 12.8 Å². The first-order valence-electron chi connectivity index (χ1n) is 5.60. The molecule has 0 saturated heterocycles. The molecule has 0 spiro atoms. The van der Waals surface area contributed by atoms with Crippen LogP contribution in [-0.2, 0) is 15.7 Å². The van der Waals surface area contributed by atoms with E-state index in [9.17, 15) is 22.8 Å². The Morgan fingerprint density at radius 2 is 2.05 bits per heavy atom. The summed E-state index contributed by atoms with van der Waals surface area (Å²) in [4.78, 5) is 28.9. The van der Waals surface area contributed by atoms with Crippen molar-refractivity contribution in [2.75, 3.05) is 13.7 Å². The number of nitrogens with zero attached hydrogens (tertiary/aromatic N) is 2. The van der Waals surface area contributed by atoms with Crippen LogP contribution in [-0.4, -0.2) is 46.7 Å². The maximum atomic E-state index is 12.6. The van der Waals surface area contributed by atoms with Gasteiger partial charge in [-0.25, -0.2) is 14.8 Å². The largest absolute Gasteiger partial charge is 0.480 e. The lowest BCUT2D eigenvalue weighted by Gasteiger charge is -2.14. The number of carbonyl (C=O) groups is 2. The number of aryl methyl sites for hydroxylation is 1. The fourth-order valence-corrected chi connectivity index (χ4v) is 1.39. The summed E-state index contributed by atoms with van der Waals surface area (Å²) in [5, 5.41) is 10.8. The summed E-state index contributed by atoms with van der Waals surface area (Å²) in [6.45, 7) is 0.925. The molecule has 1 aromatic rings. The number of nitrogens with one attached hydrogen (secondary N) is 1. The maximum Gasteiger partial charge on any atom is 0.451 e. The zero-order valence-corrected chi connectivity index (χ0v) is 11.1. The molecule has 0 aromatic carbocycles. The van der Waals surface area contributed by atoms with E-state index in [2.05, 4.69) is 14.7 Å². The Kier molecular flexibility index (Phi) is 5.19. The number of rotatable bonds is 5. The van der Waals surface area contributed by atoms with Gasteiger partial charge in [0.2, 0.25) is 5.82 Å². The molecule has 10 heteroatoms. The minimum absolute atomic E-state index is 0.0684. The lowest BCUT2D eigenvalue weighted by molar-refractivity contribution is -0.145. The molecule has 0 aliphatic rings. The number of methoxy groups -OCH3 is 1. The van der Waals surface area contributed by atoms with Crippen molar-refractivity contribution in [1.29, 1.82) is 0 Å². The van der Waals surface area contributed by atoms with Gasteiger partial charge in [0.25, 0.3) is 5.91 Å². The number of hydrogen-bond donors (Lipinski definition) is 2. The number of carboxylic acids is 1. The Bertz CT molecular complexity index is 548. The Balaban J connectivity index is 3.02. The zero-order chi connectivity index (χ0) is 16.2. The zero-order valence-electron chi connectivity index (χ0n) is 11.1. The minimum Gasteiger partial charge on any atom is -0.480 e. The third kappa shape index (κ3) is 4.67. The summed E-state index contributed by atoms with van der Waals surface area (Å²) in [5.41, 5.74) is -0.640. The molecular formula is C11H12F3N3O4. The fraction of sp³-hybridized carbons (Fsp3) is 0.455. The molecule has 1 rings (SSSR count). The summed E-state index contributed by atoms with van der Waals surface area (Å²) in [6, 6.07) is -0.372. The van der Waals surface area contributed by atoms with Crippen LogP contribution in [0.4, 0.5) is 13.2 Å². The van der Waals surface area contributed by atoms with E-state index in [1.165, 1.54) is 14.0 Å². The molecule has 1 heterocycles. The average Bonchev–Trinajstić information content (AvgIpc) is 2.36. The van der Waals surface area contributed by atoms with Gasteiger partial charge in [-0.1, -0.05) is 0 Å². The van der Waals surface area contributed by atoms with Gasteiger partial charge in [-0.15, -0.1) is 0 Å². The van der Waals surface area contributed by atoms with Gasteiger partial charge in [0.05, 0.1) is 6.61 Å². The molecule has 0 aliphatic heterocycles. The van der Waals surface area contributed by atoms with E-state index in [-0.39, 0.29) is 12.3 Å². The third-order valence-corrected chi connectivity index (χ3v) is 2.28. The van der Waals surface area contributed by atoms with Gasteiger partial charge in [0.1, 0.15) is 5.69 Å². The van der Waals surface area contributed by atoms with Gasteiger partial charge in [0.15, 0.2) is 6.04 Å². The van der Waals surface area contributed by atoms with E-state index >= 15 is 0 Å². The van der Waals surface area contributed by atoms with Crippen LogP contribution >= 0.6 is 0 Å². The summed E-state index contributed by atoms with van der Waals surface area (Å²) in [7, 11) is 1.22. The molecule has 2 N–H and O–H groups in total. The first kappa shape index (κ1) is 16.8. The van der Waals surface area contributed by atoms with Gasteiger partial charge >= 0.3 is 12.1 Å². The highest BCUT2D eigenvalue weighted by molar-refractivity contribution is 5.95. The minimum atomic E-state index is -4.81. The Morgan fingerprint density at radius 3 is 2.52 bits per heavy atom. The van der Waals surface area contributed by atoms with E-state index in [1.807, 2.05) is 5.32 Å². The van der Waals surface area contributed by atoms with Crippen LogP contribution in [0.3, 0.4) is 0 Å². The highest BCUT2D eigenvalue weighted by Gasteiger charge is 2.35. The number of carboxylic acid groups (broad SMARTS) is 1. The van der Waals surface area contributed by atoms with E-state index in [1.54, 1.807) is 0 Å². The van der Waals surface area contributed by atoms with Crippen LogP contribution in [0.15, 0.2) is 6.07 Å². The van der Waals surface area contributed by atoms with E-state index in [4.69, 9.17) is 5.11 Å². The second-order valence-electron chi connectivity index (χ2n) is 4.04. The molecule has 0 saturated carbocycles. The predicted octanol–water partition coefficient (Wildman–Crippen LogP) is 0.633. The number of hydrogen-bond acceptors (Lipinski definition) is 5. The number of aromatic nitrogens is 2. The molecule has 116 valence electrons. The van der Waals surface area contributed by atoms with Gasteiger partial charge < -0.3 is 15.2 Å². The van der Waals surface area contributed by atoms with E-state index in [0.29, 0.717) is 0 Å². The lowest BCUT2D eigenvalue weighted by Crippen LogP contribution is -2.44. The average molecular weight is 307 g/mol. The second kappa shape index (κ2) is 6.48. The Morgan fingerprint density at radius 1 is 1.43 bits per heavy atom. The lowest BCUT2D eigenvalue weighted by atomic mass is 10.2. The molecule has 0 fully saturated rings. The molecule has 0 radical (unpaired) electrons. The topological polar surface area (TPSA) is 101 Å². The number of halogens is 3. The maximum absolute atomic E-state index is 12.6. The first-order valence-corrected chi connectivity index (χ1v) is 5.60. The monoisotopic (exact) mass is 307 g/mol. The van der Waals surface area contributed by atoms with Crippen molar-refractivity contribution >= 4 is 11.9 Å². The molecule has 1 aromatic heterocycles. The van der Waals surface area contributed by atoms with Crippen molar-refractivity contribution in [2.45, 2.75) is 19.1 Å². The molecule has 0 aliphatic carbocycles. The van der Waals surface area contributed by atoms with Crippen molar-refractivity contribution in [2.24, 2.45) is 0 Å². The van der Waals surface area contributed by atoms with E-state index < -0.39 is 35.6 Å². The van der Waals surface area contributed by atoms with Crippen LogP contribution < -0.4 is 5.32 Å². The molecule has 1 unspecified atom stereocenters. The fourth-order valence-electron chi connectivity index (χ4n) is 1.39. The highest BCUT2D eigenvalue weighted by atomic mass is 19.4. The molecule has 1 amide bonds. The highest BCUT2D eigenvalue weighted by Crippen LogP contribution is 2.26. The Hall–Kier alpha value is -2.23. The summed E-state index contributed by atoms with van der Waals surface area (Å²) < 4.78 is 42.3. The van der Waals surface area contributed by atoms with Gasteiger partial charge in [-0.05, 0) is 13.0 Å². The Labute approximate surface area is 117 Å². The van der Waals surface area contributed by atoms with Crippen molar-refractivity contribution in [1.82, 2.24) is 15.3 Å². The van der Waals surface area contributed by atoms with Crippen LogP contribution in [0.1, 0.15) is 22.0 Å². The molecular weight excluding hydrogens is 295 g/mol. The normalized spacial score (nSPS) is 12.8.